The maximum Gasteiger partial charge on any atom is 0.0434 e. The fraction of sp³-hybridized carbons (Fsp3) is 0.400. The Morgan fingerprint density at radius 3 is 2.54 bits per heavy atom. The fourth-order valence-corrected chi connectivity index (χ4v) is 1.99. The lowest BCUT2D eigenvalue weighted by molar-refractivity contribution is 0.585. The molecule has 1 fully saturated rings. The third-order valence-electron chi connectivity index (χ3n) is 2.61. The molecule has 0 heterocycles. The number of benzene rings is 1. The second-order valence-corrected chi connectivity index (χ2v) is 4.26. The van der Waals surface area contributed by atoms with Gasteiger partial charge in [-0.15, -0.1) is 12.4 Å². The zero-order valence-corrected chi connectivity index (χ0v) is 9.91. The van der Waals surface area contributed by atoms with Gasteiger partial charge in [-0.1, -0.05) is 28.1 Å². The van der Waals surface area contributed by atoms with Gasteiger partial charge in [0, 0.05) is 10.0 Å². The first-order valence-electron chi connectivity index (χ1n) is 4.22. The molecule has 3 heteroatoms. The van der Waals surface area contributed by atoms with Gasteiger partial charge in [0.1, 0.15) is 0 Å². The van der Waals surface area contributed by atoms with Crippen molar-refractivity contribution in [3.63, 3.8) is 0 Å². The maximum atomic E-state index is 3.48. The van der Waals surface area contributed by atoms with E-state index < -0.39 is 0 Å². The van der Waals surface area contributed by atoms with E-state index in [9.17, 15) is 0 Å². The highest BCUT2D eigenvalue weighted by molar-refractivity contribution is 9.10. The van der Waals surface area contributed by atoms with Gasteiger partial charge in [0.15, 0.2) is 0 Å². The summed E-state index contributed by atoms with van der Waals surface area (Å²) in [4.78, 5) is 0. The Hall–Kier alpha value is -0.0500. The van der Waals surface area contributed by atoms with Crippen LogP contribution in [-0.2, 0) is 5.54 Å². The predicted molar refractivity (Wildman–Crippen MR) is 61.4 cm³/mol. The molecule has 1 aliphatic rings. The topological polar surface area (TPSA) is 12.0 Å². The number of nitrogens with one attached hydrogen (secondary N) is 1. The van der Waals surface area contributed by atoms with Crippen LogP contribution in [0.1, 0.15) is 18.4 Å². The predicted octanol–water partition coefficient (Wildman–Crippen LogP) is 3.08. The highest BCUT2D eigenvalue weighted by atomic mass is 79.9. The molecule has 0 aliphatic heterocycles. The minimum atomic E-state index is 0. The quantitative estimate of drug-likeness (QED) is 0.864. The lowest BCUT2D eigenvalue weighted by Gasteiger charge is -2.14. The second-order valence-electron chi connectivity index (χ2n) is 3.34. The van der Waals surface area contributed by atoms with Crippen LogP contribution in [0.5, 0.6) is 0 Å². The lowest BCUT2D eigenvalue weighted by atomic mass is 10.1. The zero-order valence-electron chi connectivity index (χ0n) is 7.51. The van der Waals surface area contributed by atoms with Gasteiger partial charge in [-0.2, -0.15) is 0 Å². The smallest absolute Gasteiger partial charge is 0.0434 e. The van der Waals surface area contributed by atoms with Crippen LogP contribution in [0, 0.1) is 0 Å². The summed E-state index contributed by atoms with van der Waals surface area (Å²) >= 11 is 3.48. The van der Waals surface area contributed by atoms with Crippen LogP contribution in [-0.4, -0.2) is 7.05 Å². The summed E-state index contributed by atoms with van der Waals surface area (Å²) in [7, 11) is 2.04. The molecule has 0 bridgehead atoms. The number of halogens is 2. The fourth-order valence-electron chi connectivity index (χ4n) is 1.59. The largest absolute Gasteiger partial charge is 0.310 e. The first kappa shape index (κ1) is 11.0. The summed E-state index contributed by atoms with van der Waals surface area (Å²) in [6.07, 6.45) is 2.53. The molecule has 1 aromatic rings. The average molecular weight is 263 g/mol. The average Bonchev–Trinajstić information content (AvgIpc) is 2.84. The number of rotatable bonds is 2. The van der Waals surface area contributed by atoms with Gasteiger partial charge >= 0.3 is 0 Å². The molecule has 0 spiro atoms. The minimum Gasteiger partial charge on any atom is -0.310 e. The lowest BCUT2D eigenvalue weighted by Crippen LogP contribution is -2.24. The van der Waals surface area contributed by atoms with Gasteiger partial charge in [-0.3, -0.25) is 0 Å². The molecule has 0 saturated heterocycles. The van der Waals surface area contributed by atoms with E-state index in [0.29, 0.717) is 5.54 Å². The van der Waals surface area contributed by atoms with Crippen LogP contribution in [0.3, 0.4) is 0 Å². The first-order chi connectivity index (χ1) is 5.77. The monoisotopic (exact) mass is 261 g/mol. The SMILES string of the molecule is CNC1(c2cccc(Br)c2)CC1.Cl. The number of hydrogen-bond donors (Lipinski definition) is 1. The van der Waals surface area contributed by atoms with Crippen LogP contribution in [0.15, 0.2) is 28.7 Å². The summed E-state index contributed by atoms with van der Waals surface area (Å²) in [5, 5.41) is 3.38. The summed E-state index contributed by atoms with van der Waals surface area (Å²) in [5.41, 5.74) is 1.70. The van der Waals surface area contributed by atoms with E-state index in [4.69, 9.17) is 0 Å². The van der Waals surface area contributed by atoms with Crippen molar-refractivity contribution in [1.82, 2.24) is 5.32 Å². The van der Waals surface area contributed by atoms with Gasteiger partial charge in [-0.25, -0.2) is 0 Å². The van der Waals surface area contributed by atoms with E-state index in [1.54, 1.807) is 0 Å². The number of hydrogen-bond acceptors (Lipinski definition) is 1. The van der Waals surface area contributed by atoms with Crippen LogP contribution in [0.4, 0.5) is 0 Å². The third kappa shape index (κ3) is 2.06. The third-order valence-corrected chi connectivity index (χ3v) is 3.10. The molecule has 1 aliphatic carbocycles. The van der Waals surface area contributed by atoms with Crippen molar-refractivity contribution >= 4 is 28.3 Å². The minimum absolute atomic E-state index is 0. The van der Waals surface area contributed by atoms with Gasteiger partial charge in [-0.05, 0) is 37.6 Å². The van der Waals surface area contributed by atoms with Crippen molar-refractivity contribution in [2.24, 2.45) is 0 Å². The highest BCUT2D eigenvalue weighted by Crippen LogP contribution is 2.45. The highest BCUT2D eigenvalue weighted by Gasteiger charge is 2.42. The van der Waals surface area contributed by atoms with Crippen molar-refractivity contribution in [1.29, 1.82) is 0 Å². The molecule has 0 unspecified atom stereocenters. The van der Waals surface area contributed by atoms with Gasteiger partial charge in [0.2, 0.25) is 0 Å². The Balaban J connectivity index is 0.000000845. The van der Waals surface area contributed by atoms with Crippen molar-refractivity contribution in [3.05, 3.63) is 34.3 Å². The molecule has 2 rings (SSSR count). The van der Waals surface area contributed by atoms with Crippen LogP contribution < -0.4 is 5.32 Å². The van der Waals surface area contributed by atoms with Crippen molar-refractivity contribution in [3.8, 4) is 0 Å². The van der Waals surface area contributed by atoms with Gasteiger partial charge < -0.3 is 5.32 Å². The summed E-state index contributed by atoms with van der Waals surface area (Å²) in [6.45, 7) is 0. The molecular formula is C10H13BrClN. The molecule has 1 aromatic carbocycles. The van der Waals surface area contributed by atoms with Crippen LogP contribution in [0.2, 0.25) is 0 Å². The van der Waals surface area contributed by atoms with E-state index >= 15 is 0 Å². The molecule has 13 heavy (non-hydrogen) atoms. The van der Waals surface area contributed by atoms with Crippen molar-refractivity contribution < 1.29 is 0 Å². The molecule has 0 aromatic heterocycles. The van der Waals surface area contributed by atoms with Crippen molar-refractivity contribution in [2.45, 2.75) is 18.4 Å². The summed E-state index contributed by atoms with van der Waals surface area (Å²) in [6, 6.07) is 8.55. The zero-order chi connectivity index (χ0) is 8.60. The summed E-state index contributed by atoms with van der Waals surface area (Å²) < 4.78 is 1.17. The van der Waals surface area contributed by atoms with Crippen molar-refractivity contribution in [2.75, 3.05) is 7.05 Å². The first-order valence-corrected chi connectivity index (χ1v) is 5.01. The van der Waals surface area contributed by atoms with E-state index in [1.165, 1.54) is 22.9 Å². The Labute approximate surface area is 93.5 Å². The Morgan fingerprint density at radius 2 is 2.08 bits per heavy atom. The normalized spacial score (nSPS) is 17.7. The molecule has 0 radical (unpaired) electrons. The summed E-state index contributed by atoms with van der Waals surface area (Å²) in [5.74, 6) is 0. The molecule has 1 N–H and O–H groups in total. The molecule has 1 saturated carbocycles. The van der Waals surface area contributed by atoms with E-state index in [0.717, 1.165) is 0 Å². The molecule has 0 amide bonds. The van der Waals surface area contributed by atoms with Crippen LogP contribution in [0.25, 0.3) is 0 Å². The molecular weight excluding hydrogens is 249 g/mol. The van der Waals surface area contributed by atoms with Crippen LogP contribution >= 0.6 is 28.3 Å². The van der Waals surface area contributed by atoms with E-state index in [-0.39, 0.29) is 12.4 Å². The van der Waals surface area contributed by atoms with Gasteiger partial charge in [0.05, 0.1) is 0 Å². The van der Waals surface area contributed by atoms with Gasteiger partial charge in [0.25, 0.3) is 0 Å². The Kier molecular flexibility index (Phi) is 3.38. The molecule has 72 valence electrons. The van der Waals surface area contributed by atoms with E-state index in [2.05, 4.69) is 45.5 Å². The second kappa shape index (κ2) is 3.99. The maximum absolute atomic E-state index is 3.48. The van der Waals surface area contributed by atoms with E-state index in [1.807, 2.05) is 7.05 Å². The molecule has 1 nitrogen and oxygen atoms in total. The Bertz CT molecular complexity index is 297. The molecule has 0 atom stereocenters. The standard InChI is InChI=1S/C10H12BrN.ClH/c1-12-10(5-6-10)8-3-2-4-9(11)7-8;/h2-4,7,12H,5-6H2,1H3;1H. The Morgan fingerprint density at radius 1 is 1.38 bits per heavy atom.